The van der Waals surface area contributed by atoms with E-state index in [1.54, 1.807) is 0 Å². The van der Waals surface area contributed by atoms with Crippen molar-refractivity contribution in [1.29, 1.82) is 0 Å². The molecule has 0 aromatic heterocycles. The summed E-state index contributed by atoms with van der Waals surface area (Å²) in [6, 6.07) is 11.1. The van der Waals surface area contributed by atoms with Gasteiger partial charge in [-0.2, -0.15) is 0 Å². The summed E-state index contributed by atoms with van der Waals surface area (Å²) in [6.45, 7) is 4.12. The first-order valence-electron chi connectivity index (χ1n) is 7.05. The molecule has 2 N–H and O–H groups in total. The van der Waals surface area contributed by atoms with Gasteiger partial charge >= 0.3 is 0 Å². The van der Waals surface area contributed by atoms with Crippen molar-refractivity contribution in [1.82, 2.24) is 0 Å². The van der Waals surface area contributed by atoms with Gasteiger partial charge in [-0.1, -0.05) is 32.0 Å². The van der Waals surface area contributed by atoms with E-state index in [2.05, 4.69) is 24.5 Å². The maximum Gasteiger partial charge on any atom is 0.243 e. The van der Waals surface area contributed by atoms with Crippen molar-refractivity contribution in [2.24, 2.45) is 0 Å². The quantitative estimate of drug-likeness (QED) is 0.871. The molecule has 0 heterocycles. The molecule has 2 aromatic rings. The maximum absolute atomic E-state index is 13.4. The number of para-hydroxylation sites is 1. The van der Waals surface area contributed by atoms with Crippen LogP contribution in [0, 0.1) is 11.6 Å². The van der Waals surface area contributed by atoms with Gasteiger partial charge in [-0.3, -0.25) is 4.79 Å². The van der Waals surface area contributed by atoms with Crippen LogP contribution in [0.4, 0.5) is 20.2 Å². The van der Waals surface area contributed by atoms with Crippen LogP contribution < -0.4 is 10.6 Å². The molecule has 116 valence electrons. The van der Waals surface area contributed by atoms with E-state index in [-0.39, 0.29) is 6.54 Å². The second kappa shape index (κ2) is 7.02. The van der Waals surface area contributed by atoms with Crippen LogP contribution in [0.2, 0.25) is 0 Å². The molecule has 2 rings (SSSR count). The van der Waals surface area contributed by atoms with Crippen LogP contribution >= 0.6 is 0 Å². The summed E-state index contributed by atoms with van der Waals surface area (Å²) in [6.07, 6.45) is 0. The van der Waals surface area contributed by atoms with Gasteiger partial charge in [0.1, 0.15) is 17.3 Å². The van der Waals surface area contributed by atoms with Crippen LogP contribution in [0.15, 0.2) is 42.5 Å². The highest BCUT2D eigenvalue weighted by molar-refractivity contribution is 5.93. The maximum atomic E-state index is 13.4. The average Bonchev–Trinajstić information content (AvgIpc) is 2.49. The second-order valence-electron chi connectivity index (χ2n) is 5.28. The van der Waals surface area contributed by atoms with E-state index in [0.29, 0.717) is 5.92 Å². The zero-order chi connectivity index (χ0) is 16.1. The van der Waals surface area contributed by atoms with Crippen LogP contribution in [-0.2, 0) is 4.79 Å². The van der Waals surface area contributed by atoms with E-state index in [9.17, 15) is 13.6 Å². The van der Waals surface area contributed by atoms with Gasteiger partial charge in [0.2, 0.25) is 5.91 Å². The van der Waals surface area contributed by atoms with E-state index < -0.39 is 23.2 Å². The number of hydrogen-bond donors (Lipinski definition) is 2. The van der Waals surface area contributed by atoms with Crippen molar-refractivity contribution in [3.05, 3.63) is 59.7 Å². The lowest BCUT2D eigenvalue weighted by molar-refractivity contribution is -0.114. The van der Waals surface area contributed by atoms with Gasteiger partial charge in [-0.05, 0) is 35.7 Å². The SMILES string of the molecule is CC(C)c1ccc(NCC(=O)Nc2c(F)cccc2F)cc1. The third-order valence-electron chi connectivity index (χ3n) is 3.26. The molecule has 0 spiro atoms. The molecule has 0 aliphatic heterocycles. The molecule has 0 saturated carbocycles. The van der Waals surface area contributed by atoms with Crippen LogP contribution in [0.25, 0.3) is 0 Å². The highest BCUT2D eigenvalue weighted by Gasteiger charge is 2.11. The lowest BCUT2D eigenvalue weighted by Crippen LogP contribution is -2.23. The molecule has 0 radical (unpaired) electrons. The summed E-state index contributed by atoms with van der Waals surface area (Å²) in [7, 11) is 0. The lowest BCUT2D eigenvalue weighted by atomic mass is 10.0. The Morgan fingerprint density at radius 3 is 2.18 bits per heavy atom. The van der Waals surface area contributed by atoms with Gasteiger partial charge in [-0.15, -0.1) is 0 Å². The number of carbonyl (C=O) groups is 1. The fourth-order valence-electron chi connectivity index (χ4n) is 1.97. The lowest BCUT2D eigenvalue weighted by Gasteiger charge is -2.10. The van der Waals surface area contributed by atoms with Crippen molar-refractivity contribution < 1.29 is 13.6 Å². The second-order valence-corrected chi connectivity index (χ2v) is 5.28. The topological polar surface area (TPSA) is 41.1 Å². The van der Waals surface area contributed by atoms with E-state index in [1.807, 2.05) is 24.3 Å². The molecule has 2 aromatic carbocycles. The largest absolute Gasteiger partial charge is 0.376 e. The molecule has 0 fully saturated rings. The fraction of sp³-hybridized carbons (Fsp3) is 0.235. The summed E-state index contributed by atoms with van der Waals surface area (Å²) in [5, 5.41) is 5.14. The smallest absolute Gasteiger partial charge is 0.243 e. The van der Waals surface area contributed by atoms with E-state index >= 15 is 0 Å². The molecular weight excluding hydrogens is 286 g/mol. The zero-order valence-corrected chi connectivity index (χ0v) is 12.5. The number of carbonyl (C=O) groups excluding carboxylic acids is 1. The number of benzene rings is 2. The Kier molecular flexibility index (Phi) is 5.09. The molecule has 22 heavy (non-hydrogen) atoms. The Morgan fingerprint density at radius 1 is 1.05 bits per heavy atom. The zero-order valence-electron chi connectivity index (χ0n) is 12.5. The molecule has 0 bridgehead atoms. The van der Waals surface area contributed by atoms with Crippen molar-refractivity contribution in [3.63, 3.8) is 0 Å². The monoisotopic (exact) mass is 304 g/mol. The molecule has 0 aliphatic carbocycles. The number of amides is 1. The summed E-state index contributed by atoms with van der Waals surface area (Å²) < 4.78 is 26.8. The van der Waals surface area contributed by atoms with Crippen LogP contribution in [0.3, 0.4) is 0 Å². The van der Waals surface area contributed by atoms with Gasteiger partial charge in [0, 0.05) is 5.69 Å². The number of nitrogens with one attached hydrogen (secondary N) is 2. The predicted molar refractivity (Wildman–Crippen MR) is 84.0 cm³/mol. The first-order chi connectivity index (χ1) is 10.5. The van der Waals surface area contributed by atoms with Crippen LogP contribution in [-0.4, -0.2) is 12.5 Å². The summed E-state index contributed by atoms with van der Waals surface area (Å²) in [5.74, 6) is -1.68. The molecular formula is C17H18F2N2O. The Bertz CT molecular complexity index is 634. The molecule has 0 unspecified atom stereocenters. The molecule has 3 nitrogen and oxygen atoms in total. The Labute approximate surface area is 128 Å². The Balaban J connectivity index is 1.93. The van der Waals surface area contributed by atoms with E-state index in [1.165, 1.54) is 11.6 Å². The molecule has 0 aliphatic rings. The molecule has 1 amide bonds. The third kappa shape index (κ3) is 4.04. The number of halogens is 2. The molecule has 0 atom stereocenters. The van der Waals surface area contributed by atoms with Gasteiger partial charge in [0.05, 0.1) is 6.54 Å². The third-order valence-corrected chi connectivity index (χ3v) is 3.26. The minimum Gasteiger partial charge on any atom is -0.376 e. The van der Waals surface area contributed by atoms with Gasteiger partial charge in [-0.25, -0.2) is 8.78 Å². The van der Waals surface area contributed by atoms with Crippen molar-refractivity contribution in [3.8, 4) is 0 Å². The van der Waals surface area contributed by atoms with Gasteiger partial charge in [0.15, 0.2) is 0 Å². The summed E-state index contributed by atoms with van der Waals surface area (Å²) in [4.78, 5) is 11.8. The van der Waals surface area contributed by atoms with Crippen LogP contribution in [0.1, 0.15) is 25.3 Å². The van der Waals surface area contributed by atoms with E-state index in [0.717, 1.165) is 17.8 Å². The summed E-state index contributed by atoms with van der Waals surface area (Å²) >= 11 is 0. The van der Waals surface area contributed by atoms with Gasteiger partial charge in [0.25, 0.3) is 0 Å². The molecule has 5 heteroatoms. The number of hydrogen-bond acceptors (Lipinski definition) is 2. The highest BCUT2D eigenvalue weighted by atomic mass is 19.1. The minimum atomic E-state index is -0.797. The van der Waals surface area contributed by atoms with Crippen molar-refractivity contribution in [2.75, 3.05) is 17.2 Å². The van der Waals surface area contributed by atoms with E-state index in [4.69, 9.17) is 0 Å². The fourth-order valence-corrected chi connectivity index (χ4v) is 1.97. The minimum absolute atomic E-state index is 0.0746. The predicted octanol–water partition coefficient (Wildman–Crippen LogP) is 4.14. The van der Waals surface area contributed by atoms with Crippen molar-refractivity contribution >= 4 is 17.3 Å². The highest BCUT2D eigenvalue weighted by Crippen LogP contribution is 2.19. The van der Waals surface area contributed by atoms with Crippen LogP contribution in [0.5, 0.6) is 0 Å². The Hall–Kier alpha value is -2.43. The number of anilines is 2. The normalized spacial score (nSPS) is 10.6. The van der Waals surface area contributed by atoms with Gasteiger partial charge < -0.3 is 10.6 Å². The first-order valence-corrected chi connectivity index (χ1v) is 7.05. The average molecular weight is 304 g/mol. The Morgan fingerprint density at radius 2 is 1.64 bits per heavy atom. The summed E-state index contributed by atoms with van der Waals surface area (Å²) in [5.41, 5.74) is 1.54. The standard InChI is InChI=1S/C17H18F2N2O/c1-11(2)12-6-8-13(9-7-12)20-10-16(22)21-17-14(18)4-3-5-15(17)19/h3-9,11,20H,10H2,1-2H3,(H,21,22). The first kappa shape index (κ1) is 15.9. The van der Waals surface area contributed by atoms with Crippen molar-refractivity contribution in [2.45, 2.75) is 19.8 Å². The number of rotatable bonds is 5. The molecule has 0 saturated heterocycles.